The van der Waals surface area contributed by atoms with Crippen molar-refractivity contribution in [2.45, 2.75) is 25.3 Å². The Kier molecular flexibility index (Phi) is 8.36. The van der Waals surface area contributed by atoms with Crippen molar-refractivity contribution in [1.82, 2.24) is 14.5 Å². The van der Waals surface area contributed by atoms with Crippen LogP contribution in [0.5, 0.6) is 0 Å². The lowest BCUT2D eigenvalue weighted by Gasteiger charge is -2.21. The number of anilines is 1. The highest BCUT2D eigenvalue weighted by Gasteiger charge is 2.38. The normalized spacial score (nSPS) is 12.0. The molecule has 0 spiro atoms. The zero-order valence-corrected chi connectivity index (χ0v) is 21.2. The summed E-state index contributed by atoms with van der Waals surface area (Å²) in [6, 6.07) is 6.06. The lowest BCUT2D eigenvalue weighted by atomic mass is 10.0. The number of thiazole rings is 1. The maximum atomic E-state index is 13.4. The van der Waals surface area contributed by atoms with Crippen LogP contribution in [-0.4, -0.2) is 27.0 Å². The number of aromatic nitrogens is 3. The molecule has 2 heterocycles. The predicted molar refractivity (Wildman–Crippen MR) is 130 cm³/mol. The molecule has 0 saturated carbocycles. The summed E-state index contributed by atoms with van der Waals surface area (Å²) in [5, 5.41) is 0.166. The summed E-state index contributed by atoms with van der Waals surface area (Å²) in [6.07, 6.45) is -4.95. The van der Waals surface area contributed by atoms with Gasteiger partial charge >= 0.3 is 12.4 Å². The Bertz CT molecular complexity index is 1320. The molecule has 0 aliphatic heterocycles. The molecule has 2 aromatic heterocycles. The van der Waals surface area contributed by atoms with Gasteiger partial charge in [0.1, 0.15) is 0 Å². The average molecular weight is 614 g/mol. The second-order valence-electron chi connectivity index (χ2n) is 7.51. The second kappa shape index (κ2) is 10.8. The van der Waals surface area contributed by atoms with E-state index in [1.807, 2.05) is 0 Å². The number of carbonyl (C=O) groups excluding carboxylic acids is 1. The van der Waals surface area contributed by atoms with Crippen LogP contribution < -0.4 is 4.90 Å². The molecule has 5 nitrogen and oxygen atoms in total. The van der Waals surface area contributed by atoms with Gasteiger partial charge in [-0.2, -0.15) is 26.3 Å². The third kappa shape index (κ3) is 6.37. The lowest BCUT2D eigenvalue weighted by molar-refractivity contribution is -0.143. The van der Waals surface area contributed by atoms with Gasteiger partial charge in [0, 0.05) is 35.5 Å². The van der Waals surface area contributed by atoms with Crippen LogP contribution in [0, 0.1) is 0 Å². The van der Waals surface area contributed by atoms with Crippen LogP contribution in [0.25, 0.3) is 10.2 Å². The van der Waals surface area contributed by atoms with Crippen LogP contribution >= 0.6 is 39.7 Å². The SMILES string of the molecule is Cl.O=C(c1cc(C(F)(F)F)cc(C(F)(F)F)c1)N(CCCn1ccnc1)c1nc2ccc(Br)cc2s1. The van der Waals surface area contributed by atoms with E-state index in [1.54, 1.807) is 41.5 Å². The number of benzene rings is 2. The fourth-order valence-electron chi connectivity index (χ4n) is 3.35. The van der Waals surface area contributed by atoms with Crippen molar-refractivity contribution in [3.05, 3.63) is 76.3 Å². The highest BCUT2D eigenvalue weighted by molar-refractivity contribution is 9.10. The van der Waals surface area contributed by atoms with E-state index in [0.29, 0.717) is 35.3 Å². The molecule has 2 aromatic carbocycles. The molecule has 1 amide bonds. The number of nitrogens with zero attached hydrogens (tertiary/aromatic N) is 4. The topological polar surface area (TPSA) is 51.0 Å². The highest BCUT2D eigenvalue weighted by Crippen LogP contribution is 2.37. The number of rotatable bonds is 6. The Balaban J connectivity index is 0.00000361. The molecular weight excluding hydrogens is 598 g/mol. The third-order valence-electron chi connectivity index (χ3n) is 5.01. The molecule has 192 valence electrons. The minimum atomic E-state index is -5.06. The van der Waals surface area contributed by atoms with Crippen molar-refractivity contribution < 1.29 is 31.1 Å². The first-order chi connectivity index (χ1) is 16.4. The Hall–Kier alpha value is -2.64. The zero-order chi connectivity index (χ0) is 25.4. The first kappa shape index (κ1) is 27.9. The molecule has 14 heteroatoms. The smallest absolute Gasteiger partial charge is 0.337 e. The summed E-state index contributed by atoms with van der Waals surface area (Å²) in [6.45, 7) is 0.437. The molecular formula is C22H16BrClF6N4OS. The van der Waals surface area contributed by atoms with Crippen LogP contribution in [0.15, 0.2) is 59.6 Å². The number of fused-ring (bicyclic) bond motifs is 1. The molecule has 0 unspecified atom stereocenters. The molecule has 0 fully saturated rings. The number of hydrogen-bond donors (Lipinski definition) is 0. The van der Waals surface area contributed by atoms with Gasteiger partial charge in [0.25, 0.3) is 5.91 Å². The number of carbonyl (C=O) groups is 1. The van der Waals surface area contributed by atoms with Crippen LogP contribution in [-0.2, 0) is 18.9 Å². The van der Waals surface area contributed by atoms with Crippen molar-refractivity contribution in [2.24, 2.45) is 0 Å². The average Bonchev–Trinajstić information content (AvgIpc) is 3.44. The van der Waals surface area contributed by atoms with Crippen LogP contribution in [0.2, 0.25) is 0 Å². The van der Waals surface area contributed by atoms with E-state index in [4.69, 9.17) is 0 Å². The summed E-state index contributed by atoms with van der Waals surface area (Å²) < 4.78 is 83.3. The molecule has 0 radical (unpaired) electrons. The molecule has 0 atom stereocenters. The van der Waals surface area contributed by atoms with Gasteiger partial charge in [0.2, 0.25) is 0 Å². The van der Waals surface area contributed by atoms with Crippen LogP contribution in [0.1, 0.15) is 27.9 Å². The fourth-order valence-corrected chi connectivity index (χ4v) is 4.89. The van der Waals surface area contributed by atoms with E-state index in [9.17, 15) is 31.1 Å². The molecule has 36 heavy (non-hydrogen) atoms. The molecule has 0 N–H and O–H groups in total. The van der Waals surface area contributed by atoms with Crippen LogP contribution in [0.4, 0.5) is 31.5 Å². The Morgan fingerprint density at radius 2 is 1.69 bits per heavy atom. The maximum absolute atomic E-state index is 13.4. The van der Waals surface area contributed by atoms with Crippen molar-refractivity contribution in [3.8, 4) is 0 Å². The molecule has 0 bridgehead atoms. The number of hydrogen-bond acceptors (Lipinski definition) is 4. The number of imidazole rings is 1. The van der Waals surface area contributed by atoms with Crippen molar-refractivity contribution in [1.29, 1.82) is 0 Å². The van der Waals surface area contributed by atoms with E-state index in [0.717, 1.165) is 20.7 Å². The Morgan fingerprint density at radius 3 is 2.28 bits per heavy atom. The van der Waals surface area contributed by atoms with E-state index >= 15 is 0 Å². The Morgan fingerprint density at radius 1 is 1.03 bits per heavy atom. The van der Waals surface area contributed by atoms with E-state index in [-0.39, 0.29) is 30.1 Å². The van der Waals surface area contributed by atoms with Gasteiger partial charge in [0.05, 0.1) is 27.7 Å². The van der Waals surface area contributed by atoms with Gasteiger partial charge in [0.15, 0.2) is 5.13 Å². The minimum Gasteiger partial charge on any atom is -0.337 e. The van der Waals surface area contributed by atoms with Crippen molar-refractivity contribution >= 4 is 60.9 Å². The van der Waals surface area contributed by atoms with Gasteiger partial charge in [-0.1, -0.05) is 27.3 Å². The van der Waals surface area contributed by atoms with Gasteiger partial charge in [-0.3, -0.25) is 9.69 Å². The standard InChI is InChI=1S/C22H15BrF6N4OS.ClH/c23-16-2-3-17-18(11-16)35-20(31-17)33(6-1-5-32-7-4-30-12-32)19(34)13-8-14(21(24,25)26)10-15(9-13)22(27,28)29;/h2-4,7-12H,1,5-6H2;1H. The zero-order valence-electron chi connectivity index (χ0n) is 18.0. The summed E-state index contributed by atoms with van der Waals surface area (Å²) in [4.78, 5) is 22.8. The quantitative estimate of drug-likeness (QED) is 0.212. The number of alkyl halides is 6. The summed E-state index contributed by atoms with van der Waals surface area (Å²) >= 11 is 4.45. The predicted octanol–water partition coefficient (Wildman–Crippen LogP) is 7.45. The number of aryl methyl sites for hydroxylation is 1. The first-order valence-corrected chi connectivity index (χ1v) is 11.7. The van der Waals surface area contributed by atoms with E-state index in [1.165, 1.54) is 0 Å². The van der Waals surface area contributed by atoms with Gasteiger partial charge in [-0.05, 0) is 42.8 Å². The molecule has 0 saturated heterocycles. The monoisotopic (exact) mass is 612 g/mol. The molecule has 0 aliphatic rings. The summed E-state index contributed by atoms with van der Waals surface area (Å²) in [7, 11) is 0. The summed E-state index contributed by atoms with van der Waals surface area (Å²) in [5.74, 6) is -1.01. The van der Waals surface area contributed by atoms with Gasteiger partial charge in [-0.15, -0.1) is 12.4 Å². The van der Waals surface area contributed by atoms with Crippen LogP contribution in [0.3, 0.4) is 0 Å². The second-order valence-corrected chi connectivity index (χ2v) is 9.44. The highest BCUT2D eigenvalue weighted by atomic mass is 79.9. The van der Waals surface area contributed by atoms with Gasteiger partial charge < -0.3 is 4.57 Å². The number of halogens is 8. The Labute approximate surface area is 219 Å². The lowest BCUT2D eigenvalue weighted by Crippen LogP contribution is -2.33. The molecule has 4 rings (SSSR count). The van der Waals surface area contributed by atoms with Gasteiger partial charge in [-0.25, -0.2) is 9.97 Å². The van der Waals surface area contributed by atoms with E-state index in [2.05, 4.69) is 25.9 Å². The maximum Gasteiger partial charge on any atom is 0.416 e. The molecule has 4 aromatic rings. The molecule has 0 aliphatic carbocycles. The van der Waals surface area contributed by atoms with Crippen molar-refractivity contribution in [2.75, 3.05) is 11.4 Å². The van der Waals surface area contributed by atoms with E-state index < -0.39 is 35.0 Å². The fraction of sp³-hybridized carbons (Fsp3) is 0.227. The largest absolute Gasteiger partial charge is 0.416 e. The van der Waals surface area contributed by atoms with Crippen molar-refractivity contribution in [3.63, 3.8) is 0 Å². The number of amides is 1. The first-order valence-electron chi connectivity index (χ1n) is 10.0. The summed E-state index contributed by atoms with van der Waals surface area (Å²) in [5.41, 5.74) is -3.29. The third-order valence-corrected chi connectivity index (χ3v) is 6.54. The minimum absolute atomic E-state index is 0.